The summed E-state index contributed by atoms with van der Waals surface area (Å²) in [4.78, 5) is 37.3. The largest absolute Gasteiger partial charge is 0.340 e. The molecule has 6 heteroatoms. The zero-order valence-electron chi connectivity index (χ0n) is 19.5. The Hall–Kier alpha value is -4.16. The molecular weight excluding hydrogens is 454 g/mol. The number of carbonyl (C=O) groups excluding carboxylic acids is 2. The molecule has 5 nitrogen and oxygen atoms in total. The summed E-state index contributed by atoms with van der Waals surface area (Å²) in [5.41, 5.74) is 7.12. The number of carbonyl (C=O) groups is 2. The number of benzene rings is 3. The number of nitrogens with one attached hydrogen (secondary N) is 1. The molecule has 2 aromatic heterocycles. The highest BCUT2D eigenvalue weighted by atomic mass is 32.1. The fraction of sp³-hybridized carbons (Fsp3) is 0.103. The fourth-order valence-corrected chi connectivity index (χ4v) is 5.71. The van der Waals surface area contributed by atoms with Gasteiger partial charge < -0.3 is 5.32 Å². The summed E-state index contributed by atoms with van der Waals surface area (Å²) in [5.74, 6) is 0.396. The average Bonchev–Trinajstić information content (AvgIpc) is 3.21. The van der Waals surface area contributed by atoms with E-state index in [-0.39, 0.29) is 11.6 Å². The molecule has 2 heterocycles. The molecular formula is C29H21N3O2S. The van der Waals surface area contributed by atoms with Crippen LogP contribution in [0.4, 0.5) is 11.5 Å². The van der Waals surface area contributed by atoms with E-state index >= 15 is 0 Å². The third kappa shape index (κ3) is 3.37. The number of anilines is 2. The van der Waals surface area contributed by atoms with Crippen LogP contribution in [0.15, 0.2) is 67.0 Å². The molecule has 0 saturated carbocycles. The van der Waals surface area contributed by atoms with Crippen LogP contribution < -0.4 is 5.32 Å². The van der Waals surface area contributed by atoms with Gasteiger partial charge in [-0.05, 0) is 55.7 Å². The SMILES string of the molecule is Cc1ccc(-c2c(C)sc3ncnc(Nc4ccc5c(c4)C(=O)c4ccccc4C5=O)c23)cc1C. The van der Waals surface area contributed by atoms with Crippen molar-refractivity contribution >= 4 is 44.6 Å². The number of nitrogens with zero attached hydrogens (tertiary/aromatic N) is 2. The summed E-state index contributed by atoms with van der Waals surface area (Å²) < 4.78 is 0. The number of ketones is 2. The van der Waals surface area contributed by atoms with E-state index in [0.29, 0.717) is 33.8 Å². The van der Waals surface area contributed by atoms with Crippen molar-refractivity contribution in [2.24, 2.45) is 0 Å². The van der Waals surface area contributed by atoms with Crippen molar-refractivity contribution in [3.63, 3.8) is 0 Å². The molecule has 0 amide bonds. The molecule has 1 N–H and O–H groups in total. The Morgan fingerprint density at radius 1 is 0.743 bits per heavy atom. The average molecular weight is 476 g/mol. The van der Waals surface area contributed by atoms with Crippen LogP contribution in [0.25, 0.3) is 21.3 Å². The quantitative estimate of drug-likeness (QED) is 0.305. The summed E-state index contributed by atoms with van der Waals surface area (Å²) in [5, 5.41) is 4.35. The molecule has 5 aromatic rings. The maximum atomic E-state index is 13.2. The lowest BCUT2D eigenvalue weighted by molar-refractivity contribution is 0.0979. The van der Waals surface area contributed by atoms with Crippen molar-refractivity contribution < 1.29 is 9.59 Å². The number of hydrogen-bond donors (Lipinski definition) is 1. The van der Waals surface area contributed by atoms with E-state index in [1.165, 1.54) is 11.1 Å². The second-order valence-corrected chi connectivity index (χ2v) is 10.0. The van der Waals surface area contributed by atoms with Crippen LogP contribution in [0.5, 0.6) is 0 Å². The second-order valence-electron chi connectivity index (χ2n) is 8.82. The van der Waals surface area contributed by atoms with E-state index in [9.17, 15) is 9.59 Å². The predicted molar refractivity (Wildman–Crippen MR) is 140 cm³/mol. The molecule has 3 aromatic carbocycles. The molecule has 0 aliphatic heterocycles. The molecule has 1 aliphatic carbocycles. The normalized spacial score (nSPS) is 12.5. The Bertz CT molecular complexity index is 1700. The summed E-state index contributed by atoms with van der Waals surface area (Å²) in [6.07, 6.45) is 1.55. The number of aromatic nitrogens is 2. The first-order valence-corrected chi connectivity index (χ1v) is 12.2. The first-order valence-electron chi connectivity index (χ1n) is 11.3. The van der Waals surface area contributed by atoms with E-state index in [2.05, 4.69) is 54.3 Å². The monoisotopic (exact) mass is 475 g/mol. The molecule has 0 saturated heterocycles. The van der Waals surface area contributed by atoms with Crippen LogP contribution >= 0.6 is 11.3 Å². The standard InChI is InChI=1S/C29H21N3O2S/c1-15-8-9-18(12-16(15)2)24-17(3)35-29-25(24)28(30-14-31-29)32-19-10-11-22-23(13-19)27(34)21-7-5-4-6-20(21)26(22)33/h4-14H,1-3H3,(H,30,31,32). The minimum atomic E-state index is -0.145. The molecule has 35 heavy (non-hydrogen) atoms. The van der Waals surface area contributed by atoms with Crippen molar-refractivity contribution in [1.29, 1.82) is 0 Å². The van der Waals surface area contributed by atoms with Gasteiger partial charge in [-0.1, -0.05) is 42.5 Å². The second kappa shape index (κ2) is 7.96. The molecule has 0 atom stereocenters. The molecule has 1 aliphatic rings. The van der Waals surface area contributed by atoms with Gasteiger partial charge in [0.25, 0.3) is 0 Å². The molecule has 170 valence electrons. The van der Waals surface area contributed by atoms with Gasteiger partial charge in [-0.25, -0.2) is 9.97 Å². The van der Waals surface area contributed by atoms with E-state index in [0.717, 1.165) is 26.2 Å². The van der Waals surface area contributed by atoms with Crippen molar-refractivity contribution in [3.8, 4) is 11.1 Å². The van der Waals surface area contributed by atoms with Gasteiger partial charge in [0.1, 0.15) is 17.0 Å². The van der Waals surface area contributed by atoms with Gasteiger partial charge in [0, 0.05) is 38.4 Å². The number of hydrogen-bond acceptors (Lipinski definition) is 6. The van der Waals surface area contributed by atoms with E-state index < -0.39 is 0 Å². The lowest BCUT2D eigenvalue weighted by atomic mass is 9.84. The Labute approximate surface area is 206 Å². The van der Waals surface area contributed by atoms with Gasteiger partial charge in [-0.3, -0.25) is 9.59 Å². The van der Waals surface area contributed by atoms with Crippen molar-refractivity contribution in [1.82, 2.24) is 9.97 Å². The van der Waals surface area contributed by atoms with Gasteiger partial charge >= 0.3 is 0 Å². The Kier molecular flexibility index (Phi) is 4.86. The van der Waals surface area contributed by atoms with Gasteiger partial charge in [0.2, 0.25) is 0 Å². The maximum Gasteiger partial charge on any atom is 0.194 e. The predicted octanol–water partition coefficient (Wildman–Crippen LogP) is 6.80. The first kappa shape index (κ1) is 21.4. The Balaban J connectivity index is 1.46. The third-order valence-corrected chi connectivity index (χ3v) is 7.66. The van der Waals surface area contributed by atoms with E-state index in [4.69, 9.17) is 0 Å². The van der Waals surface area contributed by atoms with Crippen LogP contribution in [-0.4, -0.2) is 21.5 Å². The number of rotatable bonds is 3. The van der Waals surface area contributed by atoms with Crippen LogP contribution in [0, 0.1) is 20.8 Å². The minimum Gasteiger partial charge on any atom is -0.340 e. The highest BCUT2D eigenvalue weighted by molar-refractivity contribution is 7.19. The first-order chi connectivity index (χ1) is 16.9. The van der Waals surface area contributed by atoms with E-state index in [1.54, 1.807) is 54.1 Å². The zero-order valence-corrected chi connectivity index (χ0v) is 20.3. The van der Waals surface area contributed by atoms with Crippen molar-refractivity contribution in [2.75, 3.05) is 5.32 Å². The molecule has 0 spiro atoms. The fourth-order valence-electron chi connectivity index (χ4n) is 4.70. The lowest BCUT2D eigenvalue weighted by Crippen LogP contribution is -2.20. The highest BCUT2D eigenvalue weighted by Gasteiger charge is 2.29. The van der Waals surface area contributed by atoms with Gasteiger partial charge in [0.15, 0.2) is 11.6 Å². The smallest absolute Gasteiger partial charge is 0.194 e. The number of aryl methyl sites for hydroxylation is 3. The van der Waals surface area contributed by atoms with Crippen LogP contribution in [0.2, 0.25) is 0 Å². The summed E-state index contributed by atoms with van der Waals surface area (Å²) in [6, 6.07) is 18.7. The molecule has 0 radical (unpaired) electrons. The number of thiophene rings is 1. The number of fused-ring (bicyclic) bond motifs is 3. The molecule has 0 unspecified atom stereocenters. The topological polar surface area (TPSA) is 72.0 Å². The van der Waals surface area contributed by atoms with Gasteiger partial charge in [-0.15, -0.1) is 11.3 Å². The highest BCUT2D eigenvalue weighted by Crippen LogP contribution is 2.41. The third-order valence-electron chi connectivity index (χ3n) is 6.65. The van der Waals surface area contributed by atoms with Crippen LogP contribution in [0.1, 0.15) is 47.8 Å². The van der Waals surface area contributed by atoms with Gasteiger partial charge in [0.05, 0.1) is 5.39 Å². The molecule has 0 bridgehead atoms. The minimum absolute atomic E-state index is 0.128. The zero-order chi connectivity index (χ0) is 24.3. The summed E-state index contributed by atoms with van der Waals surface area (Å²) >= 11 is 1.63. The van der Waals surface area contributed by atoms with Crippen molar-refractivity contribution in [2.45, 2.75) is 20.8 Å². The maximum absolute atomic E-state index is 13.2. The van der Waals surface area contributed by atoms with Gasteiger partial charge in [-0.2, -0.15) is 0 Å². The van der Waals surface area contributed by atoms with Crippen LogP contribution in [0.3, 0.4) is 0 Å². The van der Waals surface area contributed by atoms with E-state index in [1.807, 2.05) is 6.07 Å². The summed E-state index contributed by atoms with van der Waals surface area (Å²) in [6.45, 7) is 6.32. The lowest BCUT2D eigenvalue weighted by Gasteiger charge is -2.18. The molecule has 6 rings (SSSR count). The van der Waals surface area contributed by atoms with Crippen LogP contribution in [-0.2, 0) is 0 Å². The molecule has 0 fully saturated rings. The Morgan fingerprint density at radius 3 is 2.20 bits per heavy atom. The Morgan fingerprint density at radius 2 is 1.46 bits per heavy atom. The summed E-state index contributed by atoms with van der Waals surface area (Å²) in [7, 11) is 0. The van der Waals surface area contributed by atoms with Crippen molar-refractivity contribution in [3.05, 3.63) is 105 Å².